The number of rotatable bonds is 5. The summed E-state index contributed by atoms with van der Waals surface area (Å²) in [6.45, 7) is 0.604. The molecular formula is C20H15ClN4O. The summed E-state index contributed by atoms with van der Waals surface area (Å²) in [6.07, 6.45) is 1.57. The Balaban J connectivity index is 1.67. The molecule has 0 radical (unpaired) electrons. The number of carbonyl (C=O) groups excluding carboxylic acids is 1. The predicted octanol–water partition coefficient (Wildman–Crippen LogP) is 4.47. The summed E-state index contributed by atoms with van der Waals surface area (Å²) in [5, 5.41) is 15.6. The topological polar surface area (TPSA) is 77.8 Å². The first-order valence-electron chi connectivity index (χ1n) is 7.90. The average Bonchev–Trinajstić information content (AvgIpc) is 2.68. The van der Waals surface area contributed by atoms with Crippen LogP contribution in [0.25, 0.3) is 0 Å². The summed E-state index contributed by atoms with van der Waals surface area (Å²) in [7, 11) is 0. The van der Waals surface area contributed by atoms with Crippen LogP contribution in [0.5, 0.6) is 0 Å². The summed E-state index contributed by atoms with van der Waals surface area (Å²) in [4.78, 5) is 16.5. The van der Waals surface area contributed by atoms with Crippen molar-refractivity contribution >= 4 is 28.9 Å². The molecule has 0 aliphatic rings. The minimum atomic E-state index is -0.338. The Labute approximate surface area is 156 Å². The van der Waals surface area contributed by atoms with E-state index in [1.54, 1.807) is 42.6 Å². The lowest BCUT2D eigenvalue weighted by atomic mass is 10.2. The standard InChI is InChI=1S/C20H15ClN4O/c21-16-6-4-14(5-7-16)13-24-17-8-9-23-19(11-17)20(26)25-18-3-1-2-15(10-18)12-22/h1-11H,13H2,(H,23,24)(H,25,26). The van der Waals surface area contributed by atoms with Crippen LogP contribution in [0.3, 0.4) is 0 Å². The highest BCUT2D eigenvalue weighted by molar-refractivity contribution is 6.30. The number of carbonyl (C=O) groups is 1. The van der Waals surface area contributed by atoms with Gasteiger partial charge in [-0.2, -0.15) is 5.26 Å². The average molecular weight is 363 g/mol. The van der Waals surface area contributed by atoms with Crippen LogP contribution in [0.2, 0.25) is 5.02 Å². The zero-order valence-electron chi connectivity index (χ0n) is 13.7. The zero-order valence-corrected chi connectivity index (χ0v) is 14.5. The third kappa shape index (κ3) is 4.59. The van der Waals surface area contributed by atoms with E-state index in [9.17, 15) is 4.79 Å². The molecule has 2 aromatic carbocycles. The van der Waals surface area contributed by atoms with E-state index in [4.69, 9.17) is 16.9 Å². The van der Waals surface area contributed by atoms with Gasteiger partial charge in [0.2, 0.25) is 0 Å². The Morgan fingerprint density at radius 2 is 1.88 bits per heavy atom. The van der Waals surface area contributed by atoms with Crippen LogP contribution in [0.4, 0.5) is 11.4 Å². The molecule has 0 unspecified atom stereocenters. The second kappa shape index (κ2) is 8.15. The van der Waals surface area contributed by atoms with Gasteiger partial charge in [-0.3, -0.25) is 9.78 Å². The van der Waals surface area contributed by atoms with Gasteiger partial charge in [0, 0.05) is 29.1 Å². The molecule has 1 aromatic heterocycles. The lowest BCUT2D eigenvalue weighted by molar-refractivity contribution is 0.102. The number of nitriles is 1. The second-order valence-corrected chi connectivity index (χ2v) is 5.99. The molecule has 0 aliphatic carbocycles. The van der Waals surface area contributed by atoms with Crippen molar-refractivity contribution in [2.75, 3.05) is 10.6 Å². The first-order valence-corrected chi connectivity index (χ1v) is 8.28. The predicted molar refractivity (Wildman–Crippen MR) is 102 cm³/mol. The Hall–Kier alpha value is -3.36. The number of benzene rings is 2. The van der Waals surface area contributed by atoms with Crippen molar-refractivity contribution in [2.45, 2.75) is 6.54 Å². The van der Waals surface area contributed by atoms with Crippen molar-refractivity contribution in [3.8, 4) is 6.07 Å². The minimum absolute atomic E-state index is 0.286. The van der Waals surface area contributed by atoms with Gasteiger partial charge in [-0.25, -0.2) is 0 Å². The maximum atomic E-state index is 12.4. The fraction of sp³-hybridized carbons (Fsp3) is 0.0500. The van der Waals surface area contributed by atoms with Gasteiger partial charge in [-0.1, -0.05) is 29.8 Å². The molecule has 128 valence electrons. The summed E-state index contributed by atoms with van der Waals surface area (Å²) >= 11 is 5.88. The first kappa shape index (κ1) is 17.5. The SMILES string of the molecule is N#Cc1cccc(NC(=O)c2cc(NCc3ccc(Cl)cc3)ccn2)c1. The normalized spacial score (nSPS) is 10.0. The lowest BCUT2D eigenvalue weighted by Gasteiger charge is -2.09. The number of halogens is 1. The van der Waals surface area contributed by atoms with Gasteiger partial charge < -0.3 is 10.6 Å². The Kier molecular flexibility index (Phi) is 5.47. The molecule has 1 amide bonds. The second-order valence-electron chi connectivity index (χ2n) is 5.56. The van der Waals surface area contributed by atoms with Gasteiger partial charge in [-0.05, 0) is 48.0 Å². The van der Waals surface area contributed by atoms with Crippen molar-refractivity contribution in [1.82, 2.24) is 4.98 Å². The number of pyridine rings is 1. The molecule has 26 heavy (non-hydrogen) atoms. The number of hydrogen-bond acceptors (Lipinski definition) is 4. The summed E-state index contributed by atoms with van der Waals surface area (Å²) < 4.78 is 0. The van der Waals surface area contributed by atoms with Crippen LogP contribution in [-0.4, -0.2) is 10.9 Å². The highest BCUT2D eigenvalue weighted by Crippen LogP contribution is 2.15. The molecular weight excluding hydrogens is 348 g/mol. The fourth-order valence-electron chi connectivity index (χ4n) is 2.33. The van der Waals surface area contributed by atoms with Crippen LogP contribution in [0, 0.1) is 11.3 Å². The maximum absolute atomic E-state index is 12.4. The van der Waals surface area contributed by atoms with Crippen LogP contribution < -0.4 is 10.6 Å². The third-order valence-corrected chi connectivity index (χ3v) is 3.90. The van der Waals surface area contributed by atoms with Crippen LogP contribution >= 0.6 is 11.6 Å². The number of hydrogen-bond donors (Lipinski definition) is 2. The number of anilines is 2. The molecule has 0 saturated heterocycles. The van der Waals surface area contributed by atoms with Crippen molar-refractivity contribution in [3.05, 3.63) is 88.7 Å². The largest absolute Gasteiger partial charge is 0.381 e. The molecule has 0 saturated carbocycles. The van der Waals surface area contributed by atoms with E-state index in [2.05, 4.69) is 15.6 Å². The zero-order chi connectivity index (χ0) is 18.4. The summed E-state index contributed by atoms with van der Waals surface area (Å²) in [5.74, 6) is -0.338. The maximum Gasteiger partial charge on any atom is 0.274 e. The molecule has 5 nitrogen and oxygen atoms in total. The molecule has 0 bridgehead atoms. The summed E-state index contributed by atoms with van der Waals surface area (Å²) in [5.41, 5.74) is 3.18. The van der Waals surface area contributed by atoms with Crippen molar-refractivity contribution in [3.63, 3.8) is 0 Å². The fourth-order valence-corrected chi connectivity index (χ4v) is 2.46. The molecule has 6 heteroatoms. The van der Waals surface area contributed by atoms with Crippen molar-refractivity contribution in [2.24, 2.45) is 0 Å². The van der Waals surface area contributed by atoms with Gasteiger partial charge in [0.05, 0.1) is 11.6 Å². The van der Waals surface area contributed by atoms with Crippen LogP contribution in [0.15, 0.2) is 66.9 Å². The highest BCUT2D eigenvalue weighted by Gasteiger charge is 2.09. The van der Waals surface area contributed by atoms with E-state index < -0.39 is 0 Å². The van der Waals surface area contributed by atoms with Gasteiger partial charge >= 0.3 is 0 Å². The van der Waals surface area contributed by atoms with Crippen molar-refractivity contribution < 1.29 is 4.79 Å². The minimum Gasteiger partial charge on any atom is -0.381 e. The molecule has 0 atom stereocenters. The number of amides is 1. The number of aromatic nitrogens is 1. The monoisotopic (exact) mass is 362 g/mol. The van der Waals surface area contributed by atoms with Gasteiger partial charge in [-0.15, -0.1) is 0 Å². The molecule has 1 heterocycles. The van der Waals surface area contributed by atoms with E-state index in [1.165, 1.54) is 0 Å². The summed E-state index contributed by atoms with van der Waals surface area (Å²) in [6, 6.07) is 19.8. The third-order valence-electron chi connectivity index (χ3n) is 3.65. The van der Waals surface area contributed by atoms with Crippen LogP contribution in [0.1, 0.15) is 21.6 Å². The van der Waals surface area contributed by atoms with Gasteiger partial charge in [0.1, 0.15) is 5.69 Å². The van der Waals surface area contributed by atoms with Crippen LogP contribution in [-0.2, 0) is 6.54 Å². The smallest absolute Gasteiger partial charge is 0.274 e. The quantitative estimate of drug-likeness (QED) is 0.701. The lowest BCUT2D eigenvalue weighted by Crippen LogP contribution is -2.14. The number of nitrogens with one attached hydrogen (secondary N) is 2. The molecule has 0 fully saturated rings. The Morgan fingerprint density at radius 1 is 1.08 bits per heavy atom. The molecule has 3 rings (SSSR count). The van der Waals surface area contributed by atoms with Gasteiger partial charge in [0.25, 0.3) is 5.91 Å². The van der Waals surface area contributed by atoms with E-state index in [1.807, 2.05) is 30.3 Å². The Bertz CT molecular complexity index is 964. The van der Waals surface area contributed by atoms with Gasteiger partial charge in [0.15, 0.2) is 0 Å². The first-order chi connectivity index (χ1) is 12.6. The van der Waals surface area contributed by atoms with E-state index in [0.717, 1.165) is 11.3 Å². The van der Waals surface area contributed by atoms with E-state index >= 15 is 0 Å². The molecule has 0 spiro atoms. The highest BCUT2D eigenvalue weighted by atomic mass is 35.5. The molecule has 3 aromatic rings. The molecule has 0 aliphatic heterocycles. The Morgan fingerprint density at radius 3 is 2.65 bits per heavy atom. The molecule has 2 N–H and O–H groups in total. The van der Waals surface area contributed by atoms with E-state index in [-0.39, 0.29) is 11.6 Å². The van der Waals surface area contributed by atoms with Crippen molar-refractivity contribution in [1.29, 1.82) is 5.26 Å². The van der Waals surface area contributed by atoms with E-state index in [0.29, 0.717) is 22.8 Å². The number of nitrogens with zero attached hydrogens (tertiary/aromatic N) is 2.